The molecule has 128 valence electrons. The molecule has 1 aliphatic heterocycles. The van der Waals surface area contributed by atoms with Crippen LogP contribution in [0.15, 0.2) is 34.3 Å². The zero-order chi connectivity index (χ0) is 16.2. The second-order valence-corrected chi connectivity index (χ2v) is 5.53. The predicted molar refractivity (Wildman–Crippen MR) is 96.7 cm³/mol. The van der Waals surface area contributed by atoms with Crippen LogP contribution in [0.1, 0.15) is 25.8 Å². The highest BCUT2D eigenvalue weighted by molar-refractivity contribution is 8.93. The maximum Gasteiger partial charge on any atom is 0.226 e. The molecule has 0 aliphatic carbocycles. The van der Waals surface area contributed by atoms with Crippen molar-refractivity contribution in [3.63, 3.8) is 0 Å². The Morgan fingerprint density at radius 2 is 1.87 bits per heavy atom. The Morgan fingerprint density at radius 1 is 1.17 bits per heavy atom. The number of halogens is 1. The van der Waals surface area contributed by atoms with Crippen LogP contribution in [-0.4, -0.2) is 35.9 Å². The molecule has 1 aromatic carbocycles. The van der Waals surface area contributed by atoms with Gasteiger partial charge < -0.3 is 16.2 Å². The van der Waals surface area contributed by atoms with E-state index in [-0.39, 0.29) is 28.9 Å². The number of hydrogen-bond donors (Lipinski definition) is 2. The van der Waals surface area contributed by atoms with Crippen molar-refractivity contribution >= 4 is 28.9 Å². The van der Waals surface area contributed by atoms with E-state index < -0.39 is 5.66 Å². The average Bonchev–Trinajstić information content (AvgIpc) is 2.42. The topological polar surface area (TPSA) is 98.5 Å². The van der Waals surface area contributed by atoms with Crippen LogP contribution in [0, 0.1) is 6.92 Å². The van der Waals surface area contributed by atoms with Gasteiger partial charge >= 0.3 is 0 Å². The molecule has 0 spiro atoms. The Hall–Kier alpha value is -1.80. The van der Waals surface area contributed by atoms with Crippen molar-refractivity contribution in [2.45, 2.75) is 32.9 Å². The molecule has 0 aromatic heterocycles. The SMILES string of the molecule is Br.Cc1ccccc1OCCCON1C(N)=NC(N)=NC1(C)C. The number of nitrogens with zero attached hydrogens (tertiary/aromatic N) is 3. The average molecular weight is 386 g/mol. The van der Waals surface area contributed by atoms with Crippen LogP contribution in [0.5, 0.6) is 5.75 Å². The maximum atomic E-state index is 5.83. The maximum absolute atomic E-state index is 5.83. The van der Waals surface area contributed by atoms with Crippen LogP contribution in [-0.2, 0) is 4.84 Å². The first-order chi connectivity index (χ1) is 10.4. The molecule has 0 atom stereocenters. The van der Waals surface area contributed by atoms with Gasteiger partial charge in [-0.3, -0.25) is 4.84 Å². The van der Waals surface area contributed by atoms with Crippen LogP contribution in [0.25, 0.3) is 0 Å². The Balaban J connectivity index is 0.00000264. The van der Waals surface area contributed by atoms with E-state index in [9.17, 15) is 0 Å². The van der Waals surface area contributed by atoms with Gasteiger partial charge in [-0.05, 0) is 32.4 Å². The van der Waals surface area contributed by atoms with Crippen molar-refractivity contribution in [2.75, 3.05) is 13.2 Å². The summed E-state index contributed by atoms with van der Waals surface area (Å²) >= 11 is 0. The predicted octanol–water partition coefficient (Wildman–Crippen LogP) is 1.95. The van der Waals surface area contributed by atoms with Crippen molar-refractivity contribution in [3.8, 4) is 5.75 Å². The lowest BCUT2D eigenvalue weighted by Gasteiger charge is -2.36. The Morgan fingerprint density at radius 3 is 2.52 bits per heavy atom. The third kappa shape index (κ3) is 5.11. The summed E-state index contributed by atoms with van der Waals surface area (Å²) in [7, 11) is 0. The lowest BCUT2D eigenvalue weighted by molar-refractivity contribution is -0.158. The molecule has 0 saturated carbocycles. The summed E-state index contributed by atoms with van der Waals surface area (Å²) in [6.45, 7) is 6.72. The molecular weight excluding hydrogens is 362 g/mol. The first-order valence-corrected chi connectivity index (χ1v) is 7.21. The summed E-state index contributed by atoms with van der Waals surface area (Å²) in [5, 5.41) is 1.47. The molecule has 1 heterocycles. The molecule has 0 amide bonds. The van der Waals surface area contributed by atoms with Gasteiger partial charge in [-0.15, -0.1) is 17.0 Å². The van der Waals surface area contributed by atoms with E-state index >= 15 is 0 Å². The molecule has 2 rings (SSSR count). The number of benzene rings is 1. The summed E-state index contributed by atoms with van der Waals surface area (Å²) in [4.78, 5) is 13.8. The van der Waals surface area contributed by atoms with Crippen molar-refractivity contribution in [2.24, 2.45) is 21.5 Å². The third-order valence-electron chi connectivity index (χ3n) is 3.18. The van der Waals surface area contributed by atoms with Gasteiger partial charge in [0.25, 0.3) is 0 Å². The van der Waals surface area contributed by atoms with E-state index in [1.165, 1.54) is 5.06 Å². The van der Waals surface area contributed by atoms with E-state index in [0.717, 1.165) is 11.3 Å². The molecule has 0 bridgehead atoms. The van der Waals surface area contributed by atoms with Crippen LogP contribution >= 0.6 is 17.0 Å². The van der Waals surface area contributed by atoms with Gasteiger partial charge in [-0.2, -0.15) is 10.1 Å². The van der Waals surface area contributed by atoms with Gasteiger partial charge in [-0.25, -0.2) is 4.99 Å². The van der Waals surface area contributed by atoms with Gasteiger partial charge in [0.1, 0.15) is 5.75 Å². The molecule has 1 aromatic rings. The molecule has 4 N–H and O–H groups in total. The van der Waals surface area contributed by atoms with E-state index in [1.54, 1.807) is 0 Å². The molecule has 23 heavy (non-hydrogen) atoms. The van der Waals surface area contributed by atoms with Crippen molar-refractivity contribution < 1.29 is 9.57 Å². The van der Waals surface area contributed by atoms with Gasteiger partial charge in [0.05, 0.1) is 13.2 Å². The van der Waals surface area contributed by atoms with Gasteiger partial charge in [-0.1, -0.05) is 18.2 Å². The summed E-state index contributed by atoms with van der Waals surface area (Å²) in [6, 6.07) is 7.90. The minimum Gasteiger partial charge on any atom is -0.493 e. The summed E-state index contributed by atoms with van der Waals surface area (Å²) in [5.41, 5.74) is 11.9. The van der Waals surface area contributed by atoms with Crippen LogP contribution in [0.4, 0.5) is 0 Å². The second kappa shape index (κ2) is 8.16. The smallest absolute Gasteiger partial charge is 0.226 e. The number of hydrogen-bond acceptors (Lipinski definition) is 7. The van der Waals surface area contributed by atoms with Crippen LogP contribution in [0.3, 0.4) is 0 Å². The molecule has 0 fully saturated rings. The quantitative estimate of drug-likeness (QED) is 0.729. The number of rotatable bonds is 6. The molecule has 0 unspecified atom stereocenters. The highest BCUT2D eigenvalue weighted by Crippen LogP contribution is 2.20. The summed E-state index contributed by atoms with van der Waals surface area (Å²) in [5.74, 6) is 1.25. The molecule has 8 heteroatoms. The second-order valence-electron chi connectivity index (χ2n) is 5.53. The summed E-state index contributed by atoms with van der Waals surface area (Å²) in [6.07, 6.45) is 0.716. The first kappa shape index (κ1) is 19.2. The fourth-order valence-corrected chi connectivity index (χ4v) is 2.13. The number of guanidine groups is 2. The Kier molecular flexibility index (Phi) is 6.83. The highest BCUT2D eigenvalue weighted by Gasteiger charge is 2.32. The zero-order valence-corrected chi connectivity index (χ0v) is 15.4. The third-order valence-corrected chi connectivity index (χ3v) is 3.18. The molecule has 0 saturated heterocycles. The van der Waals surface area contributed by atoms with Crippen molar-refractivity contribution in [1.82, 2.24) is 5.06 Å². The number of ether oxygens (including phenoxy) is 1. The van der Waals surface area contributed by atoms with Crippen LogP contribution < -0.4 is 16.2 Å². The van der Waals surface area contributed by atoms with E-state index in [0.29, 0.717) is 19.6 Å². The molecule has 7 nitrogen and oxygen atoms in total. The fourth-order valence-electron chi connectivity index (χ4n) is 2.13. The minimum absolute atomic E-state index is 0. The van der Waals surface area contributed by atoms with E-state index in [4.69, 9.17) is 21.0 Å². The molecule has 1 aliphatic rings. The lowest BCUT2D eigenvalue weighted by atomic mass is 10.2. The standard InChI is InChI=1S/C15H23N5O2.BrH/c1-11-7-4-5-8-12(11)21-9-6-10-22-20-14(17)18-13(16)19-15(20,2)3;/h4-5,7-8H,6,9-10H2,1-3H3,(H4,16,17,18,19);1H. The molecule has 0 radical (unpaired) electrons. The highest BCUT2D eigenvalue weighted by atomic mass is 79.9. The largest absolute Gasteiger partial charge is 0.493 e. The monoisotopic (exact) mass is 385 g/mol. The number of nitrogens with two attached hydrogens (primary N) is 2. The van der Waals surface area contributed by atoms with Crippen molar-refractivity contribution in [3.05, 3.63) is 29.8 Å². The van der Waals surface area contributed by atoms with Gasteiger partial charge in [0.15, 0.2) is 5.66 Å². The number of para-hydroxylation sites is 1. The van der Waals surface area contributed by atoms with E-state index in [2.05, 4.69) is 9.98 Å². The number of aliphatic imine (C=N–C) groups is 2. The zero-order valence-electron chi connectivity index (χ0n) is 13.7. The summed E-state index contributed by atoms with van der Waals surface area (Å²) < 4.78 is 5.71. The normalized spacial score (nSPS) is 16.2. The number of hydroxylamine groups is 2. The minimum atomic E-state index is -0.674. The van der Waals surface area contributed by atoms with Gasteiger partial charge in [0, 0.05) is 6.42 Å². The van der Waals surface area contributed by atoms with E-state index in [1.807, 2.05) is 45.0 Å². The van der Waals surface area contributed by atoms with Crippen molar-refractivity contribution in [1.29, 1.82) is 0 Å². The fraction of sp³-hybridized carbons (Fsp3) is 0.467. The number of aryl methyl sites for hydroxylation is 1. The Labute approximate surface area is 147 Å². The van der Waals surface area contributed by atoms with Gasteiger partial charge in [0.2, 0.25) is 11.9 Å². The first-order valence-electron chi connectivity index (χ1n) is 7.21. The van der Waals surface area contributed by atoms with Crippen LogP contribution in [0.2, 0.25) is 0 Å². The lowest BCUT2D eigenvalue weighted by Crippen LogP contribution is -2.53. The molecular formula is C15H24BrN5O2. The Bertz CT molecular complexity index is 589.